The van der Waals surface area contributed by atoms with Crippen molar-refractivity contribution < 1.29 is 19.8 Å². The van der Waals surface area contributed by atoms with Gasteiger partial charge in [0.15, 0.2) is 0 Å². The van der Waals surface area contributed by atoms with Crippen LogP contribution < -0.4 is 16.0 Å². The molecule has 7 nitrogen and oxygen atoms in total. The Kier molecular flexibility index (Phi) is 17.0. The van der Waals surface area contributed by atoms with Gasteiger partial charge in [-0.25, -0.2) is 4.79 Å². The SMILES string of the molecule is CCOC(=O)[C@H](Cc1ccc(N(CCCl)CCCl)cc1)NC(=O)[C@@H](N)C(C)C.Cl.O. The lowest BCUT2D eigenvalue weighted by Crippen LogP contribution is -2.51. The smallest absolute Gasteiger partial charge is 0.328 e. The molecular weight excluding hydrogens is 453 g/mol. The average Bonchev–Trinajstić information content (AvgIpc) is 2.67. The number of hydrogen-bond acceptors (Lipinski definition) is 5. The molecule has 0 saturated carbocycles. The van der Waals surface area contributed by atoms with Crippen LogP contribution in [0.25, 0.3) is 0 Å². The quantitative estimate of drug-likeness (QED) is 0.347. The molecule has 1 aromatic carbocycles. The summed E-state index contributed by atoms with van der Waals surface area (Å²) in [5.41, 5.74) is 7.80. The summed E-state index contributed by atoms with van der Waals surface area (Å²) >= 11 is 11.7. The summed E-state index contributed by atoms with van der Waals surface area (Å²) in [6.07, 6.45) is 0.320. The third kappa shape index (κ3) is 10.2. The van der Waals surface area contributed by atoms with E-state index in [1.165, 1.54) is 0 Å². The Morgan fingerprint density at radius 2 is 1.67 bits per heavy atom. The molecule has 10 heteroatoms. The number of nitrogens with zero attached hydrogens (tertiary/aromatic N) is 1. The zero-order valence-electron chi connectivity index (χ0n) is 17.7. The molecule has 0 aliphatic carbocycles. The number of hydrogen-bond donors (Lipinski definition) is 2. The van der Waals surface area contributed by atoms with E-state index < -0.39 is 18.1 Å². The zero-order valence-corrected chi connectivity index (χ0v) is 20.0. The molecule has 0 fully saturated rings. The number of alkyl halides is 2. The minimum Gasteiger partial charge on any atom is -0.464 e. The molecule has 0 heterocycles. The number of amides is 1. The van der Waals surface area contributed by atoms with E-state index in [0.29, 0.717) is 31.3 Å². The average molecular weight is 487 g/mol. The molecule has 0 aliphatic heterocycles. The maximum Gasteiger partial charge on any atom is 0.328 e. The highest BCUT2D eigenvalue weighted by Gasteiger charge is 2.26. The van der Waals surface area contributed by atoms with Crippen molar-refractivity contribution in [2.75, 3.05) is 36.4 Å². The Morgan fingerprint density at radius 3 is 2.10 bits per heavy atom. The van der Waals surface area contributed by atoms with Gasteiger partial charge in [0.25, 0.3) is 0 Å². The van der Waals surface area contributed by atoms with Crippen molar-refractivity contribution in [3.05, 3.63) is 29.8 Å². The van der Waals surface area contributed by atoms with Crippen LogP contribution in [0, 0.1) is 5.92 Å². The minimum atomic E-state index is -0.787. The highest BCUT2D eigenvalue weighted by atomic mass is 35.5. The van der Waals surface area contributed by atoms with E-state index in [1.54, 1.807) is 6.92 Å². The molecule has 0 bridgehead atoms. The van der Waals surface area contributed by atoms with Gasteiger partial charge in [0.1, 0.15) is 6.04 Å². The second kappa shape index (κ2) is 16.4. The Labute approximate surface area is 195 Å². The van der Waals surface area contributed by atoms with E-state index in [2.05, 4.69) is 10.2 Å². The number of rotatable bonds is 12. The Bertz CT molecular complexity index is 612. The Balaban J connectivity index is 0. The van der Waals surface area contributed by atoms with Gasteiger partial charge in [-0.05, 0) is 30.5 Å². The standard InChI is InChI=1S/C20H31Cl2N3O3.ClH.H2O/c1-4-28-20(27)17(24-19(26)18(23)14(2)3)13-15-5-7-16(8-6-15)25(11-9-21)12-10-22;;/h5-8,14,17-18H,4,9-13,23H2,1-3H3,(H,24,26);1H;1H2/t17-,18-;;/m0../s1. The topological polar surface area (TPSA) is 116 Å². The first-order chi connectivity index (χ1) is 13.3. The van der Waals surface area contributed by atoms with Crippen LogP contribution in [0.15, 0.2) is 24.3 Å². The summed E-state index contributed by atoms with van der Waals surface area (Å²) < 4.78 is 5.11. The van der Waals surface area contributed by atoms with Gasteiger partial charge in [-0.3, -0.25) is 4.79 Å². The van der Waals surface area contributed by atoms with Crippen molar-refractivity contribution in [1.82, 2.24) is 5.32 Å². The first-order valence-electron chi connectivity index (χ1n) is 9.52. The molecule has 30 heavy (non-hydrogen) atoms. The molecule has 0 saturated heterocycles. The van der Waals surface area contributed by atoms with Crippen LogP contribution in [0.1, 0.15) is 26.3 Å². The predicted octanol–water partition coefficient (Wildman–Crippen LogP) is 2.14. The van der Waals surface area contributed by atoms with Crippen LogP contribution in [0.2, 0.25) is 0 Å². The highest BCUT2D eigenvalue weighted by Crippen LogP contribution is 2.17. The second-order valence-electron chi connectivity index (χ2n) is 6.82. The number of anilines is 1. The van der Waals surface area contributed by atoms with Gasteiger partial charge < -0.3 is 26.2 Å². The number of nitrogens with one attached hydrogen (secondary N) is 1. The molecule has 0 unspecified atom stereocenters. The fourth-order valence-electron chi connectivity index (χ4n) is 2.66. The number of carbonyl (C=O) groups excluding carboxylic acids is 2. The molecule has 0 spiro atoms. The molecule has 1 aromatic rings. The van der Waals surface area contributed by atoms with E-state index >= 15 is 0 Å². The normalized spacial score (nSPS) is 12.2. The number of halogens is 3. The van der Waals surface area contributed by atoms with Gasteiger partial charge in [0.05, 0.1) is 12.6 Å². The van der Waals surface area contributed by atoms with Crippen LogP contribution >= 0.6 is 35.6 Å². The lowest BCUT2D eigenvalue weighted by molar-refractivity contribution is -0.147. The summed E-state index contributed by atoms with van der Waals surface area (Å²) in [6.45, 7) is 7.08. The molecular formula is C20H34Cl3N3O4. The molecule has 5 N–H and O–H groups in total. The van der Waals surface area contributed by atoms with E-state index in [1.807, 2.05) is 38.1 Å². The monoisotopic (exact) mass is 485 g/mol. The van der Waals surface area contributed by atoms with Crippen LogP contribution in [-0.4, -0.2) is 60.9 Å². The molecule has 174 valence electrons. The van der Waals surface area contributed by atoms with Crippen LogP contribution in [0.5, 0.6) is 0 Å². The summed E-state index contributed by atoms with van der Waals surface area (Å²) in [5, 5.41) is 2.73. The van der Waals surface area contributed by atoms with E-state index in [0.717, 1.165) is 11.3 Å². The largest absolute Gasteiger partial charge is 0.464 e. The van der Waals surface area contributed by atoms with E-state index in [-0.39, 0.29) is 36.3 Å². The van der Waals surface area contributed by atoms with Crippen molar-refractivity contribution in [3.63, 3.8) is 0 Å². The van der Waals surface area contributed by atoms with Gasteiger partial charge >= 0.3 is 5.97 Å². The molecule has 0 radical (unpaired) electrons. The fraction of sp³-hybridized carbons (Fsp3) is 0.600. The first-order valence-corrected chi connectivity index (χ1v) is 10.6. The third-order valence-electron chi connectivity index (χ3n) is 4.36. The Morgan fingerprint density at radius 1 is 1.13 bits per heavy atom. The van der Waals surface area contributed by atoms with Crippen LogP contribution in [-0.2, 0) is 20.7 Å². The maximum atomic E-state index is 12.3. The van der Waals surface area contributed by atoms with Crippen molar-refractivity contribution in [3.8, 4) is 0 Å². The lowest BCUT2D eigenvalue weighted by atomic mass is 10.0. The van der Waals surface area contributed by atoms with Crippen molar-refractivity contribution in [1.29, 1.82) is 0 Å². The van der Waals surface area contributed by atoms with E-state index in [4.69, 9.17) is 33.7 Å². The number of carbonyl (C=O) groups is 2. The van der Waals surface area contributed by atoms with Gasteiger partial charge in [-0.2, -0.15) is 0 Å². The molecule has 1 rings (SSSR count). The summed E-state index contributed by atoms with van der Waals surface area (Å²) in [5.74, 6) is 0.149. The zero-order chi connectivity index (χ0) is 21.1. The van der Waals surface area contributed by atoms with Crippen LogP contribution in [0.4, 0.5) is 5.69 Å². The summed E-state index contributed by atoms with van der Waals surface area (Å²) in [6, 6.07) is 6.29. The van der Waals surface area contributed by atoms with Crippen molar-refractivity contribution in [2.24, 2.45) is 11.7 Å². The molecule has 2 atom stereocenters. The molecule has 1 amide bonds. The van der Waals surface area contributed by atoms with Crippen molar-refractivity contribution >= 4 is 53.2 Å². The highest BCUT2D eigenvalue weighted by molar-refractivity contribution is 6.18. The predicted molar refractivity (Wildman–Crippen MR) is 126 cm³/mol. The first kappa shape index (κ1) is 30.9. The Hall–Kier alpha value is -1.25. The molecule has 0 aromatic heterocycles. The fourth-order valence-corrected chi connectivity index (χ4v) is 3.07. The lowest BCUT2D eigenvalue weighted by Gasteiger charge is -2.24. The van der Waals surface area contributed by atoms with E-state index in [9.17, 15) is 9.59 Å². The number of ether oxygens (including phenoxy) is 1. The van der Waals surface area contributed by atoms with Crippen molar-refractivity contribution in [2.45, 2.75) is 39.3 Å². The van der Waals surface area contributed by atoms with Gasteiger partial charge in [0, 0.05) is 37.0 Å². The van der Waals surface area contributed by atoms with Crippen LogP contribution in [0.3, 0.4) is 0 Å². The van der Waals surface area contributed by atoms with Gasteiger partial charge in [-0.1, -0.05) is 26.0 Å². The number of esters is 1. The summed E-state index contributed by atoms with van der Waals surface area (Å²) in [4.78, 5) is 26.7. The maximum absolute atomic E-state index is 12.3. The van der Waals surface area contributed by atoms with Gasteiger partial charge in [-0.15, -0.1) is 35.6 Å². The summed E-state index contributed by atoms with van der Waals surface area (Å²) in [7, 11) is 0. The third-order valence-corrected chi connectivity index (χ3v) is 4.70. The number of nitrogens with two attached hydrogens (primary N) is 1. The van der Waals surface area contributed by atoms with Gasteiger partial charge in [0.2, 0.25) is 5.91 Å². The molecule has 0 aliphatic rings. The second-order valence-corrected chi connectivity index (χ2v) is 7.57. The minimum absolute atomic E-state index is 0. The number of benzene rings is 1.